The Morgan fingerprint density at radius 3 is 1.85 bits per heavy atom. The van der Waals surface area contributed by atoms with Gasteiger partial charge in [-0.15, -0.1) is 0 Å². The van der Waals surface area contributed by atoms with Crippen molar-refractivity contribution in [1.82, 2.24) is 14.5 Å². The topological polar surface area (TPSA) is 43.9 Å². The summed E-state index contributed by atoms with van der Waals surface area (Å²) in [6.07, 6.45) is 0. The SMILES string of the molecule is c1ccc(-c2cc(-c3ccccc3)nc(-c3cccc4c(-n5c6ccccc6c6ccc7ccccc7c65)cc5c6ccccc6oc5c34)n2)cc1. The van der Waals surface area contributed by atoms with Gasteiger partial charge in [0.1, 0.15) is 11.2 Å². The second kappa shape index (κ2) is 11.2. The maximum atomic E-state index is 6.81. The molecule has 242 valence electrons. The van der Waals surface area contributed by atoms with E-state index in [2.05, 4.69) is 162 Å². The van der Waals surface area contributed by atoms with E-state index >= 15 is 0 Å². The lowest BCUT2D eigenvalue weighted by Gasteiger charge is -2.16. The molecule has 0 aliphatic rings. The van der Waals surface area contributed by atoms with Gasteiger partial charge in [-0.05, 0) is 29.7 Å². The molecule has 0 amide bonds. The molecule has 11 rings (SSSR count). The molecule has 52 heavy (non-hydrogen) atoms. The summed E-state index contributed by atoms with van der Waals surface area (Å²) in [4.78, 5) is 10.6. The molecular formula is C48H29N3O. The maximum absolute atomic E-state index is 6.81. The van der Waals surface area contributed by atoms with Gasteiger partial charge in [-0.2, -0.15) is 0 Å². The van der Waals surface area contributed by atoms with Gasteiger partial charge in [0.15, 0.2) is 5.82 Å². The van der Waals surface area contributed by atoms with E-state index in [-0.39, 0.29) is 0 Å². The maximum Gasteiger partial charge on any atom is 0.161 e. The minimum Gasteiger partial charge on any atom is -0.455 e. The number of benzene rings is 8. The van der Waals surface area contributed by atoms with E-state index in [1.807, 2.05) is 18.2 Å². The number of nitrogens with zero attached hydrogens (tertiary/aromatic N) is 3. The van der Waals surface area contributed by atoms with Crippen LogP contribution in [0.4, 0.5) is 0 Å². The van der Waals surface area contributed by atoms with Crippen LogP contribution in [0.5, 0.6) is 0 Å². The Hall–Kier alpha value is -7.04. The number of rotatable bonds is 4. The van der Waals surface area contributed by atoms with Gasteiger partial charge in [-0.25, -0.2) is 9.97 Å². The van der Waals surface area contributed by atoms with E-state index in [0.29, 0.717) is 5.82 Å². The fourth-order valence-corrected chi connectivity index (χ4v) is 8.05. The molecule has 0 bridgehead atoms. The minimum absolute atomic E-state index is 0.650. The van der Waals surface area contributed by atoms with E-state index < -0.39 is 0 Å². The highest BCUT2D eigenvalue weighted by Crippen LogP contribution is 2.45. The van der Waals surface area contributed by atoms with Gasteiger partial charge in [0.2, 0.25) is 0 Å². The summed E-state index contributed by atoms with van der Waals surface area (Å²) in [6.45, 7) is 0. The molecule has 8 aromatic carbocycles. The smallest absolute Gasteiger partial charge is 0.161 e. The Bertz CT molecular complexity index is 3120. The van der Waals surface area contributed by atoms with Crippen molar-refractivity contribution in [3.05, 3.63) is 176 Å². The molecule has 4 nitrogen and oxygen atoms in total. The van der Waals surface area contributed by atoms with Crippen molar-refractivity contribution in [2.24, 2.45) is 0 Å². The fourth-order valence-electron chi connectivity index (χ4n) is 8.05. The Kier molecular flexibility index (Phi) is 6.22. The lowest BCUT2D eigenvalue weighted by molar-refractivity contribution is 0.672. The third-order valence-corrected chi connectivity index (χ3v) is 10.4. The molecule has 0 unspecified atom stereocenters. The highest BCUT2D eigenvalue weighted by Gasteiger charge is 2.23. The molecular weight excluding hydrogens is 635 g/mol. The van der Waals surface area contributed by atoms with Crippen molar-refractivity contribution >= 4 is 65.3 Å². The first-order valence-electron chi connectivity index (χ1n) is 17.6. The Labute approximate surface area is 298 Å². The summed E-state index contributed by atoms with van der Waals surface area (Å²) in [6, 6.07) is 61.8. The first kappa shape index (κ1) is 28.8. The summed E-state index contributed by atoms with van der Waals surface area (Å²) in [5.41, 5.74) is 9.84. The molecule has 11 aromatic rings. The van der Waals surface area contributed by atoms with Crippen molar-refractivity contribution in [3.8, 4) is 39.6 Å². The van der Waals surface area contributed by atoms with Gasteiger partial charge < -0.3 is 8.98 Å². The molecule has 0 saturated carbocycles. The molecule has 3 aromatic heterocycles. The zero-order valence-electron chi connectivity index (χ0n) is 28.0. The zero-order chi connectivity index (χ0) is 34.2. The summed E-state index contributed by atoms with van der Waals surface area (Å²) in [5, 5.41) is 9.04. The Morgan fingerprint density at radius 1 is 0.442 bits per heavy atom. The van der Waals surface area contributed by atoms with Crippen molar-refractivity contribution in [3.63, 3.8) is 0 Å². The van der Waals surface area contributed by atoms with Crippen molar-refractivity contribution in [2.45, 2.75) is 0 Å². The predicted octanol–water partition coefficient (Wildman–Crippen LogP) is 12.8. The summed E-state index contributed by atoms with van der Waals surface area (Å²) >= 11 is 0. The average Bonchev–Trinajstić information content (AvgIpc) is 3.77. The fraction of sp³-hybridized carbons (Fsp3) is 0. The third-order valence-electron chi connectivity index (χ3n) is 10.4. The Balaban J connectivity index is 1.31. The molecule has 0 atom stereocenters. The normalized spacial score (nSPS) is 11.8. The zero-order valence-corrected chi connectivity index (χ0v) is 28.0. The van der Waals surface area contributed by atoms with Gasteiger partial charge in [-0.3, -0.25) is 0 Å². The highest BCUT2D eigenvalue weighted by atomic mass is 16.3. The van der Waals surface area contributed by atoms with Crippen LogP contribution in [0.25, 0.3) is 105 Å². The van der Waals surface area contributed by atoms with Crippen LogP contribution >= 0.6 is 0 Å². The monoisotopic (exact) mass is 663 g/mol. The number of hydrogen-bond acceptors (Lipinski definition) is 3. The number of para-hydroxylation sites is 2. The van der Waals surface area contributed by atoms with E-state index in [1.54, 1.807) is 0 Å². The average molecular weight is 664 g/mol. The van der Waals surface area contributed by atoms with Gasteiger partial charge >= 0.3 is 0 Å². The van der Waals surface area contributed by atoms with E-state index in [1.165, 1.54) is 27.1 Å². The van der Waals surface area contributed by atoms with E-state index in [9.17, 15) is 0 Å². The van der Waals surface area contributed by atoms with Gasteiger partial charge in [0, 0.05) is 54.4 Å². The number of hydrogen-bond donors (Lipinski definition) is 0. The van der Waals surface area contributed by atoms with Crippen LogP contribution in [0.1, 0.15) is 0 Å². The molecule has 4 heteroatoms. The first-order valence-corrected chi connectivity index (χ1v) is 17.6. The molecule has 0 radical (unpaired) electrons. The first-order chi connectivity index (χ1) is 25.8. The highest BCUT2D eigenvalue weighted by molar-refractivity contribution is 6.24. The molecule has 0 N–H and O–H groups in total. The summed E-state index contributed by atoms with van der Waals surface area (Å²) in [5.74, 6) is 0.650. The number of fused-ring (bicyclic) bond motifs is 10. The second-order valence-electron chi connectivity index (χ2n) is 13.3. The van der Waals surface area contributed by atoms with Crippen molar-refractivity contribution in [1.29, 1.82) is 0 Å². The third kappa shape index (κ3) is 4.28. The minimum atomic E-state index is 0.650. The molecule has 0 spiro atoms. The Morgan fingerprint density at radius 2 is 1.08 bits per heavy atom. The van der Waals surface area contributed by atoms with E-state index in [4.69, 9.17) is 14.4 Å². The molecule has 0 aliphatic heterocycles. The quantitative estimate of drug-likeness (QED) is 0.188. The van der Waals surface area contributed by atoms with Crippen LogP contribution in [0.15, 0.2) is 180 Å². The molecule has 0 saturated heterocycles. The second-order valence-corrected chi connectivity index (χ2v) is 13.3. The molecule has 3 heterocycles. The lowest BCUT2D eigenvalue weighted by Crippen LogP contribution is -1.99. The van der Waals surface area contributed by atoms with Crippen LogP contribution < -0.4 is 0 Å². The van der Waals surface area contributed by atoms with E-state index in [0.717, 1.165) is 72.0 Å². The van der Waals surface area contributed by atoms with Crippen LogP contribution in [0.3, 0.4) is 0 Å². The van der Waals surface area contributed by atoms with Crippen LogP contribution in [0, 0.1) is 0 Å². The van der Waals surface area contributed by atoms with Gasteiger partial charge in [0.25, 0.3) is 0 Å². The molecule has 0 fully saturated rings. The van der Waals surface area contributed by atoms with Crippen LogP contribution in [0.2, 0.25) is 0 Å². The lowest BCUT2D eigenvalue weighted by atomic mass is 9.98. The summed E-state index contributed by atoms with van der Waals surface area (Å²) in [7, 11) is 0. The standard InChI is InChI=1S/C48H29N3O/c1-3-15-31(16-4-1)40-29-41(32-17-5-2-6-18-32)50-48(49-40)38-23-13-22-37-43(28-39-35-21-10-12-25-44(35)52-47(39)45(37)38)51-42-24-11-9-20-34(42)36-27-26-30-14-7-8-19-33(30)46(36)51/h1-29H. The number of aromatic nitrogens is 3. The van der Waals surface area contributed by atoms with Crippen molar-refractivity contribution in [2.75, 3.05) is 0 Å². The summed E-state index contributed by atoms with van der Waals surface area (Å²) < 4.78 is 9.27. The van der Waals surface area contributed by atoms with Crippen LogP contribution in [-0.4, -0.2) is 14.5 Å². The predicted molar refractivity (Wildman–Crippen MR) is 215 cm³/mol. The van der Waals surface area contributed by atoms with Gasteiger partial charge in [0.05, 0.1) is 28.1 Å². The molecule has 0 aliphatic carbocycles. The number of furan rings is 1. The van der Waals surface area contributed by atoms with Crippen molar-refractivity contribution < 1.29 is 4.42 Å². The largest absolute Gasteiger partial charge is 0.455 e. The van der Waals surface area contributed by atoms with Gasteiger partial charge in [-0.1, -0.05) is 152 Å². The van der Waals surface area contributed by atoms with Crippen LogP contribution in [-0.2, 0) is 0 Å².